The van der Waals surface area contributed by atoms with Crippen LogP contribution in [0.5, 0.6) is 0 Å². The summed E-state index contributed by atoms with van der Waals surface area (Å²) in [6.07, 6.45) is 6.13. The van der Waals surface area contributed by atoms with Crippen molar-refractivity contribution < 1.29 is 57.5 Å². The fraction of sp³-hybridized carbons (Fsp3) is 0.758. The Morgan fingerprint density at radius 2 is 1.55 bits per heavy atom. The molecule has 3 aliphatic heterocycles. The topological polar surface area (TPSA) is 210 Å². The summed E-state index contributed by atoms with van der Waals surface area (Å²) in [4.78, 5) is 135. The Morgan fingerprint density at radius 1 is 0.838 bits per heavy atom. The lowest BCUT2D eigenvalue weighted by Crippen LogP contribution is -2.54. The van der Waals surface area contributed by atoms with Gasteiger partial charge in [-0.05, 0) is 94.2 Å². The number of nitrogens with zero attached hydrogens (tertiary/aromatic N) is 5. The highest BCUT2D eigenvalue weighted by molar-refractivity contribution is 6.03. The van der Waals surface area contributed by atoms with Gasteiger partial charge in [0.2, 0.25) is 29.5 Å². The van der Waals surface area contributed by atoms with Gasteiger partial charge in [0.05, 0.1) is 55.3 Å². The van der Waals surface area contributed by atoms with Crippen molar-refractivity contribution in [1.82, 2.24) is 30.0 Å². The molecule has 1 saturated carbocycles. The van der Waals surface area contributed by atoms with Gasteiger partial charge in [0.1, 0.15) is 5.78 Å². The molecule has 0 radical (unpaired) electrons. The first kappa shape index (κ1) is 65.9. The lowest BCUT2D eigenvalue weighted by molar-refractivity contribution is -0.203. The summed E-state index contributed by atoms with van der Waals surface area (Å²) in [5.74, 6) is -3.31. The van der Waals surface area contributed by atoms with Gasteiger partial charge in [-0.15, -0.1) is 0 Å². The van der Waals surface area contributed by atoms with Crippen LogP contribution in [0.1, 0.15) is 170 Å². The Hall–Kier alpha value is -4.91. The molecule has 18 heteroatoms. The highest BCUT2D eigenvalue weighted by Gasteiger charge is 2.63. The van der Waals surface area contributed by atoms with Crippen LogP contribution < -0.4 is 5.32 Å². The number of likely N-dealkylation sites (tertiary alicyclic amines) is 2. The van der Waals surface area contributed by atoms with Crippen molar-refractivity contribution in [2.75, 3.05) is 67.6 Å². The number of hydrogen-bond acceptors (Lipinski definition) is 13. The average Bonchev–Trinajstić information content (AvgIpc) is 3.88. The minimum atomic E-state index is -0.915. The molecule has 0 aromatic heterocycles. The first-order chi connectivity index (χ1) is 38.0. The molecule has 1 aromatic rings. The minimum Gasteiger partial charge on any atom is -0.379 e. The van der Waals surface area contributed by atoms with Crippen LogP contribution in [0.3, 0.4) is 0 Å². The summed E-state index contributed by atoms with van der Waals surface area (Å²) in [7, 11) is 6.75. The highest BCUT2D eigenvalue weighted by Crippen LogP contribution is 2.63. The number of hydroxylamine groups is 2. The molecule has 11 atom stereocenters. The number of carbonyl (C=O) groups is 9. The van der Waals surface area contributed by atoms with Crippen LogP contribution in [0.15, 0.2) is 30.3 Å². The van der Waals surface area contributed by atoms with Gasteiger partial charge in [0.15, 0.2) is 11.6 Å². The summed E-state index contributed by atoms with van der Waals surface area (Å²) < 4.78 is 12.3. The molecular formula is C62H98N6O12. The van der Waals surface area contributed by atoms with Crippen LogP contribution in [0.4, 0.5) is 0 Å². The van der Waals surface area contributed by atoms with E-state index in [1.165, 1.54) is 9.96 Å². The second-order valence-electron chi connectivity index (χ2n) is 24.4. The van der Waals surface area contributed by atoms with Crippen LogP contribution in [0.25, 0.3) is 0 Å². The van der Waals surface area contributed by atoms with E-state index in [-0.39, 0.29) is 127 Å². The van der Waals surface area contributed by atoms with Crippen molar-refractivity contribution in [3.8, 4) is 0 Å². The number of ether oxygens (including phenoxy) is 2. The van der Waals surface area contributed by atoms with E-state index in [1.807, 2.05) is 95.6 Å². The van der Waals surface area contributed by atoms with Crippen LogP contribution in [-0.4, -0.2) is 175 Å². The molecule has 3 saturated heterocycles. The van der Waals surface area contributed by atoms with Crippen LogP contribution in [0, 0.1) is 40.9 Å². The fourth-order valence-corrected chi connectivity index (χ4v) is 12.9. The predicted octanol–water partition coefficient (Wildman–Crippen LogP) is 7.20. The number of rotatable bonds is 34. The molecule has 5 rings (SSSR count). The number of nitrogens with one attached hydrogen (secondary N) is 1. The fourth-order valence-electron chi connectivity index (χ4n) is 12.9. The molecule has 448 valence electrons. The van der Waals surface area contributed by atoms with Crippen molar-refractivity contribution in [2.24, 2.45) is 40.9 Å². The minimum absolute atomic E-state index is 0.00942. The number of carbonyl (C=O) groups excluding carboxylic acids is 9. The molecule has 1 unspecified atom stereocenters. The van der Waals surface area contributed by atoms with Crippen molar-refractivity contribution in [1.29, 1.82) is 0 Å². The lowest BCUT2D eigenvalue weighted by atomic mass is 9.83. The molecule has 1 N–H and O–H groups in total. The van der Waals surface area contributed by atoms with E-state index in [0.29, 0.717) is 77.7 Å². The predicted molar refractivity (Wildman–Crippen MR) is 304 cm³/mol. The molecule has 18 nitrogen and oxygen atoms in total. The Balaban J connectivity index is 1.15. The van der Waals surface area contributed by atoms with Crippen molar-refractivity contribution in [2.45, 2.75) is 194 Å². The third-order valence-corrected chi connectivity index (χ3v) is 18.0. The van der Waals surface area contributed by atoms with E-state index < -0.39 is 47.6 Å². The molecule has 4 fully saturated rings. The van der Waals surface area contributed by atoms with Gasteiger partial charge in [-0.2, -0.15) is 0 Å². The Bertz CT molecular complexity index is 2270. The van der Waals surface area contributed by atoms with Gasteiger partial charge in [0, 0.05) is 90.8 Å². The zero-order valence-electron chi connectivity index (χ0n) is 50.5. The van der Waals surface area contributed by atoms with Gasteiger partial charge < -0.3 is 24.6 Å². The van der Waals surface area contributed by atoms with Gasteiger partial charge in [-0.1, -0.05) is 98.6 Å². The summed E-state index contributed by atoms with van der Waals surface area (Å²) in [5, 5.41) is 4.17. The zero-order valence-corrected chi connectivity index (χ0v) is 50.5. The van der Waals surface area contributed by atoms with Gasteiger partial charge in [0.25, 0.3) is 5.91 Å². The second-order valence-corrected chi connectivity index (χ2v) is 24.4. The second kappa shape index (κ2) is 30.9. The van der Waals surface area contributed by atoms with E-state index in [9.17, 15) is 43.2 Å². The Labute approximate surface area is 477 Å². The maximum Gasteiger partial charge on any atom is 0.253 e. The van der Waals surface area contributed by atoms with Gasteiger partial charge in [-0.25, -0.2) is 5.06 Å². The van der Waals surface area contributed by atoms with Crippen LogP contribution >= 0.6 is 0 Å². The van der Waals surface area contributed by atoms with E-state index in [4.69, 9.17) is 14.3 Å². The quantitative estimate of drug-likeness (QED) is 0.0536. The molecular weight excluding hydrogens is 1020 g/mol. The first-order valence-electron chi connectivity index (χ1n) is 30.0. The number of hydrogen-bond donors (Lipinski definition) is 1. The molecule has 4 aliphatic rings. The Kier molecular flexibility index (Phi) is 25.5. The third-order valence-electron chi connectivity index (χ3n) is 18.0. The van der Waals surface area contributed by atoms with Crippen molar-refractivity contribution in [3.05, 3.63) is 35.9 Å². The van der Waals surface area contributed by atoms with E-state index >= 15 is 0 Å². The zero-order chi connectivity index (χ0) is 59.0. The van der Waals surface area contributed by atoms with Crippen molar-refractivity contribution in [3.63, 3.8) is 0 Å². The van der Waals surface area contributed by atoms with Gasteiger partial charge >= 0.3 is 0 Å². The van der Waals surface area contributed by atoms with Gasteiger partial charge in [-0.3, -0.25) is 57.8 Å². The van der Waals surface area contributed by atoms with E-state index in [0.717, 1.165) is 24.8 Å². The molecule has 1 aromatic carbocycles. The number of ketones is 3. The SMILES string of the molecule is CC[C@H](C)[C@@H]([C@@H](CC(=O)N1CCC[C@H]1[C@H](OC)[C@@H](C)C(=O)C[C@@]1(C(=O)N2CCCCO2)C[C@@H]1c1ccccc1)OC)N(C)C(=O)[C@@H](CC(=O)[C@H](C(C)C)N(C)CCCC(=O)CNC(=O)CCCCCN1C(=O)CC(C)C1=O)C(C)C. The lowest BCUT2D eigenvalue weighted by Gasteiger charge is -2.41. The Morgan fingerprint density at radius 3 is 2.15 bits per heavy atom. The van der Waals surface area contributed by atoms with Crippen molar-refractivity contribution >= 4 is 52.8 Å². The smallest absolute Gasteiger partial charge is 0.253 e. The van der Waals surface area contributed by atoms with Crippen LogP contribution in [0.2, 0.25) is 0 Å². The standard InChI is InChI=1S/C62H98N6O12/c1-13-42(6)57(52(78-11)36-55(74)66-31-23-27-49(66)58(79-12)44(8)51(71)38-62(61(77)68-32-20-21-33-80-68)37-48(62)45-24-16-14-17-25-45)65(10)60(76)47(40(2)3)35-50(70)56(41(4)5)64(9)29-22-26-46(69)39-63-53(72)28-18-15-19-30-67-54(73)34-43(7)59(67)75/h14,16-17,24-25,40-44,47-49,52,56-58H,13,15,18-23,26-39H2,1-12H3,(H,63,72)/t42-,43?,44-,47-,48+,49-,52+,56-,57-,58+,62-/m0/s1. The summed E-state index contributed by atoms with van der Waals surface area (Å²) >= 11 is 0. The number of Topliss-reactive ketones (excluding diaryl/α,β-unsaturated/α-hetero) is 3. The largest absolute Gasteiger partial charge is 0.379 e. The molecule has 6 amide bonds. The number of likely N-dealkylation sites (N-methyl/N-ethyl adjacent to an activating group) is 2. The first-order valence-corrected chi connectivity index (χ1v) is 30.0. The monoisotopic (exact) mass is 1120 g/mol. The van der Waals surface area contributed by atoms with Crippen LogP contribution in [-0.2, 0) is 57.5 Å². The molecule has 80 heavy (non-hydrogen) atoms. The number of amides is 6. The maximum absolute atomic E-state index is 14.8. The van der Waals surface area contributed by atoms with E-state index in [1.54, 1.807) is 33.1 Å². The molecule has 1 aliphatic carbocycles. The number of methoxy groups -OCH3 is 2. The normalized spacial score (nSPS) is 23.0. The molecule has 0 spiro atoms. The summed E-state index contributed by atoms with van der Waals surface area (Å²) in [5.41, 5.74) is 0.106. The average molecular weight is 1120 g/mol. The highest BCUT2D eigenvalue weighted by atomic mass is 16.7. The summed E-state index contributed by atoms with van der Waals surface area (Å²) in [6.45, 7) is 17.7. The third kappa shape index (κ3) is 16.9. The van der Waals surface area contributed by atoms with E-state index in [2.05, 4.69) is 5.32 Å². The molecule has 3 heterocycles. The summed E-state index contributed by atoms with van der Waals surface area (Å²) in [6, 6.07) is 8.45. The maximum atomic E-state index is 14.8. The molecule has 0 bridgehead atoms. The number of imide groups is 1. The number of unbranched alkanes of at least 4 members (excludes halogenated alkanes) is 2. The number of benzene rings is 1.